The minimum Gasteiger partial charge on any atom is -0.456 e. The number of benzene rings is 7. The van der Waals surface area contributed by atoms with Gasteiger partial charge in [0.15, 0.2) is 5.84 Å². The summed E-state index contributed by atoms with van der Waals surface area (Å²) in [5, 5.41) is 10.3. The van der Waals surface area contributed by atoms with E-state index in [2.05, 4.69) is 107 Å². The molecule has 0 amide bonds. The maximum absolute atomic E-state index is 6.64. The molecule has 1 atom stereocenters. The van der Waals surface area contributed by atoms with Crippen molar-refractivity contribution in [1.82, 2.24) is 9.88 Å². The molecular formula is C45H28N4O2. The van der Waals surface area contributed by atoms with Crippen molar-refractivity contribution in [2.45, 2.75) is 6.17 Å². The van der Waals surface area contributed by atoms with Gasteiger partial charge >= 0.3 is 0 Å². The number of hydrogen-bond donors (Lipinski definition) is 1. The minimum absolute atomic E-state index is 0.268. The second kappa shape index (κ2) is 10.8. The van der Waals surface area contributed by atoms with Crippen molar-refractivity contribution in [2.24, 2.45) is 9.98 Å². The van der Waals surface area contributed by atoms with Gasteiger partial charge in [-0.25, -0.2) is 9.98 Å². The molecule has 0 saturated carbocycles. The number of rotatable bonds is 4. The largest absolute Gasteiger partial charge is 0.456 e. The Balaban J connectivity index is 1.05. The van der Waals surface area contributed by atoms with Gasteiger partial charge in [-0.15, -0.1) is 0 Å². The lowest BCUT2D eigenvalue weighted by atomic mass is 10.1. The molecule has 10 aromatic rings. The molecule has 4 heterocycles. The quantitative estimate of drug-likeness (QED) is 0.205. The molecule has 11 rings (SSSR count). The summed E-state index contributed by atoms with van der Waals surface area (Å²) in [4.78, 5) is 9.99. The zero-order valence-electron chi connectivity index (χ0n) is 27.2. The minimum atomic E-state index is -0.268. The number of nitrogens with zero attached hydrogens (tertiary/aromatic N) is 3. The van der Waals surface area contributed by atoms with Gasteiger partial charge in [0.2, 0.25) is 0 Å². The number of fused-ring (bicyclic) bond motifs is 10. The number of para-hydroxylation sites is 2. The third-order valence-electron chi connectivity index (χ3n) is 10.1. The van der Waals surface area contributed by atoms with Crippen LogP contribution in [0.3, 0.4) is 0 Å². The van der Waals surface area contributed by atoms with E-state index in [0.717, 1.165) is 83.1 Å². The van der Waals surface area contributed by atoms with Crippen LogP contribution in [0.2, 0.25) is 0 Å². The van der Waals surface area contributed by atoms with Gasteiger partial charge in [-0.2, -0.15) is 0 Å². The predicted molar refractivity (Wildman–Crippen MR) is 207 cm³/mol. The fraction of sp³-hybridized carbons (Fsp3) is 0.0222. The molecule has 1 unspecified atom stereocenters. The maximum atomic E-state index is 6.64. The van der Waals surface area contributed by atoms with E-state index in [1.165, 1.54) is 10.8 Å². The Labute approximate surface area is 291 Å². The van der Waals surface area contributed by atoms with E-state index in [9.17, 15) is 0 Å². The zero-order valence-corrected chi connectivity index (χ0v) is 27.2. The van der Waals surface area contributed by atoms with E-state index >= 15 is 0 Å². The highest BCUT2D eigenvalue weighted by atomic mass is 16.3. The van der Waals surface area contributed by atoms with E-state index in [1.54, 1.807) is 0 Å². The van der Waals surface area contributed by atoms with Gasteiger partial charge in [-0.05, 0) is 54.1 Å². The number of nitrogens with one attached hydrogen (secondary N) is 1. The summed E-state index contributed by atoms with van der Waals surface area (Å²) in [5.74, 6) is 1.45. The molecule has 0 bridgehead atoms. The number of hydrogen-bond acceptors (Lipinski definition) is 5. The van der Waals surface area contributed by atoms with E-state index in [-0.39, 0.29) is 6.17 Å². The average molecular weight is 657 g/mol. The average Bonchev–Trinajstić information content (AvgIpc) is 3.87. The molecule has 0 spiro atoms. The predicted octanol–water partition coefficient (Wildman–Crippen LogP) is 11.1. The Morgan fingerprint density at radius 3 is 2.06 bits per heavy atom. The highest BCUT2D eigenvalue weighted by Crippen LogP contribution is 2.42. The lowest BCUT2D eigenvalue weighted by Crippen LogP contribution is -2.33. The van der Waals surface area contributed by atoms with Gasteiger partial charge in [0.25, 0.3) is 0 Å². The fourth-order valence-electron chi connectivity index (χ4n) is 7.72. The molecular weight excluding hydrogens is 629 g/mol. The first-order valence-electron chi connectivity index (χ1n) is 17.1. The van der Waals surface area contributed by atoms with Crippen LogP contribution in [0.25, 0.3) is 71.4 Å². The molecule has 1 N–H and O–H groups in total. The van der Waals surface area contributed by atoms with Crippen LogP contribution in [0.1, 0.15) is 22.9 Å². The number of amidine groups is 2. The number of aliphatic imine (C=N–C) groups is 2. The van der Waals surface area contributed by atoms with Crippen LogP contribution >= 0.6 is 0 Å². The molecule has 3 aromatic heterocycles. The van der Waals surface area contributed by atoms with Crippen LogP contribution in [0.15, 0.2) is 177 Å². The molecule has 6 nitrogen and oxygen atoms in total. The standard InChI is InChI=1S/C45H28N4O2/c1-3-11-27(12-4-1)43-46-44(28-13-5-2-6-14-28)48-45(47-43)29-19-21-31-32-22-20-30(26-40(32)51-39(31)25-29)49-35-17-9-7-15-33(35)41-36(49)23-24-38-42(41)34-16-8-10-18-37(34)50-38/h1-26,43H,(H,46,47,48). The molecule has 240 valence electrons. The second-order valence-corrected chi connectivity index (χ2v) is 13.0. The molecule has 1 aliphatic heterocycles. The molecule has 51 heavy (non-hydrogen) atoms. The van der Waals surface area contributed by atoms with Gasteiger partial charge in [-0.1, -0.05) is 103 Å². The maximum Gasteiger partial charge on any atom is 0.159 e. The summed E-state index contributed by atoms with van der Waals surface area (Å²) in [5.41, 5.74) is 9.69. The summed E-state index contributed by atoms with van der Waals surface area (Å²) < 4.78 is 15.3. The van der Waals surface area contributed by atoms with Gasteiger partial charge in [-0.3, -0.25) is 0 Å². The Morgan fingerprint density at radius 1 is 0.490 bits per heavy atom. The SMILES string of the molecule is c1ccc(C2=NC(c3ccccc3)NC(c3ccc4c(c3)oc3cc(-n5c6ccccc6c6c7c(ccc65)oc5ccccc57)ccc34)=N2)cc1. The molecule has 0 aliphatic carbocycles. The highest BCUT2D eigenvalue weighted by Gasteiger charge is 2.23. The Hall–Kier alpha value is -6.92. The lowest BCUT2D eigenvalue weighted by Gasteiger charge is -2.23. The molecule has 0 fully saturated rings. The van der Waals surface area contributed by atoms with Gasteiger partial charge in [0.05, 0.1) is 11.0 Å². The molecule has 7 aromatic carbocycles. The summed E-state index contributed by atoms with van der Waals surface area (Å²) in [6, 6.07) is 54.4. The van der Waals surface area contributed by atoms with Crippen molar-refractivity contribution in [3.05, 3.63) is 174 Å². The van der Waals surface area contributed by atoms with Gasteiger partial charge in [0, 0.05) is 55.2 Å². The Bertz CT molecular complexity index is 3060. The van der Waals surface area contributed by atoms with E-state index in [0.29, 0.717) is 5.84 Å². The van der Waals surface area contributed by atoms with Crippen molar-refractivity contribution in [3.63, 3.8) is 0 Å². The van der Waals surface area contributed by atoms with Crippen LogP contribution in [0.5, 0.6) is 0 Å². The Morgan fingerprint density at radius 2 is 1.20 bits per heavy atom. The number of furan rings is 2. The lowest BCUT2D eigenvalue weighted by molar-refractivity contribution is 0.666. The molecule has 6 heteroatoms. The zero-order chi connectivity index (χ0) is 33.5. The van der Waals surface area contributed by atoms with E-state index < -0.39 is 0 Å². The molecule has 1 aliphatic rings. The van der Waals surface area contributed by atoms with Crippen molar-refractivity contribution >= 4 is 77.4 Å². The second-order valence-electron chi connectivity index (χ2n) is 13.0. The van der Waals surface area contributed by atoms with Crippen molar-refractivity contribution in [3.8, 4) is 5.69 Å². The van der Waals surface area contributed by atoms with E-state index in [1.807, 2.05) is 60.7 Å². The topological polar surface area (TPSA) is 68.0 Å². The third kappa shape index (κ3) is 4.30. The third-order valence-corrected chi connectivity index (χ3v) is 10.1. The van der Waals surface area contributed by atoms with Crippen LogP contribution in [0.4, 0.5) is 0 Å². The van der Waals surface area contributed by atoms with E-state index in [4.69, 9.17) is 18.8 Å². The normalized spacial score (nSPS) is 14.9. The first-order chi connectivity index (χ1) is 25.3. The fourth-order valence-corrected chi connectivity index (χ4v) is 7.72. The molecule has 0 saturated heterocycles. The number of aromatic nitrogens is 1. The summed E-state index contributed by atoms with van der Waals surface area (Å²) in [6.07, 6.45) is -0.268. The van der Waals surface area contributed by atoms with Crippen LogP contribution in [-0.4, -0.2) is 16.2 Å². The highest BCUT2D eigenvalue weighted by molar-refractivity contribution is 6.27. The van der Waals surface area contributed by atoms with Crippen molar-refractivity contribution in [2.75, 3.05) is 0 Å². The Kier molecular flexibility index (Phi) is 5.92. The summed E-state index contributed by atoms with van der Waals surface area (Å²) in [7, 11) is 0. The van der Waals surface area contributed by atoms with Gasteiger partial charge in [0.1, 0.15) is 34.3 Å². The summed E-state index contributed by atoms with van der Waals surface area (Å²) in [6.45, 7) is 0. The van der Waals surface area contributed by atoms with Gasteiger partial charge < -0.3 is 18.7 Å². The first-order valence-corrected chi connectivity index (χ1v) is 17.1. The van der Waals surface area contributed by atoms with Crippen LogP contribution in [0, 0.1) is 0 Å². The monoisotopic (exact) mass is 656 g/mol. The van der Waals surface area contributed by atoms with Crippen LogP contribution < -0.4 is 5.32 Å². The summed E-state index contributed by atoms with van der Waals surface area (Å²) >= 11 is 0. The smallest absolute Gasteiger partial charge is 0.159 e. The van der Waals surface area contributed by atoms with Crippen molar-refractivity contribution < 1.29 is 8.83 Å². The van der Waals surface area contributed by atoms with Crippen LogP contribution in [-0.2, 0) is 0 Å². The first kappa shape index (κ1) is 28.0. The van der Waals surface area contributed by atoms with Crippen molar-refractivity contribution in [1.29, 1.82) is 0 Å². The molecule has 0 radical (unpaired) electrons.